The predicted molar refractivity (Wildman–Crippen MR) is 99.1 cm³/mol. The Kier molecular flexibility index (Phi) is 8.38. The monoisotopic (exact) mass is 348 g/mol. The molecule has 5 heteroatoms. The molecule has 1 fully saturated rings. The highest BCUT2D eigenvalue weighted by Gasteiger charge is 2.30. The summed E-state index contributed by atoms with van der Waals surface area (Å²) in [5, 5.41) is 0. The van der Waals surface area contributed by atoms with E-state index in [1.54, 1.807) is 14.2 Å². The number of methoxy groups -OCH3 is 2. The normalized spacial score (nSPS) is 16.8. The minimum Gasteiger partial charge on any atom is -0.354 e. The molecule has 1 aliphatic rings. The van der Waals surface area contributed by atoms with Gasteiger partial charge in [0.1, 0.15) is 0 Å². The third-order valence-corrected chi connectivity index (χ3v) is 5.16. The van der Waals surface area contributed by atoms with Crippen LogP contribution in [0.3, 0.4) is 0 Å². The Morgan fingerprint density at radius 3 is 2.40 bits per heavy atom. The minimum absolute atomic E-state index is 0.0157. The summed E-state index contributed by atoms with van der Waals surface area (Å²) in [4.78, 5) is 14.8. The lowest BCUT2D eigenvalue weighted by Gasteiger charge is -2.33. The van der Waals surface area contributed by atoms with Gasteiger partial charge in [0.2, 0.25) is 5.91 Å². The first-order chi connectivity index (χ1) is 12.2. The quantitative estimate of drug-likeness (QED) is 0.697. The van der Waals surface area contributed by atoms with Crippen molar-refractivity contribution in [2.24, 2.45) is 11.7 Å². The van der Waals surface area contributed by atoms with Gasteiger partial charge in [-0.2, -0.15) is 0 Å². The number of nitrogens with zero attached hydrogens (tertiary/aromatic N) is 1. The number of hydrogen-bond donors (Lipinski definition) is 1. The molecule has 5 nitrogen and oxygen atoms in total. The Morgan fingerprint density at radius 2 is 1.80 bits per heavy atom. The predicted octanol–water partition coefficient (Wildman–Crippen LogP) is 2.58. The summed E-state index contributed by atoms with van der Waals surface area (Å²) in [6.07, 6.45) is 6.07. The van der Waals surface area contributed by atoms with E-state index in [2.05, 4.69) is 12.1 Å². The lowest BCUT2D eigenvalue weighted by atomic mass is 9.83. The zero-order valence-corrected chi connectivity index (χ0v) is 15.5. The van der Waals surface area contributed by atoms with Gasteiger partial charge in [0.25, 0.3) is 0 Å². The van der Waals surface area contributed by atoms with E-state index in [1.807, 2.05) is 23.1 Å². The second kappa shape index (κ2) is 10.5. The Morgan fingerprint density at radius 1 is 1.16 bits per heavy atom. The zero-order valence-electron chi connectivity index (χ0n) is 15.5. The van der Waals surface area contributed by atoms with Crippen molar-refractivity contribution < 1.29 is 14.3 Å². The molecule has 0 radical (unpaired) electrons. The van der Waals surface area contributed by atoms with Crippen molar-refractivity contribution >= 4 is 5.91 Å². The molecule has 1 aromatic rings. The van der Waals surface area contributed by atoms with Gasteiger partial charge < -0.3 is 20.1 Å². The number of ether oxygens (including phenoxy) is 2. The second-order valence-electron chi connectivity index (χ2n) is 6.84. The first kappa shape index (κ1) is 19.9. The number of benzene rings is 1. The molecule has 0 spiro atoms. The van der Waals surface area contributed by atoms with Crippen LogP contribution >= 0.6 is 0 Å². The Labute approximate surface area is 151 Å². The first-order valence-corrected chi connectivity index (χ1v) is 9.29. The van der Waals surface area contributed by atoms with E-state index in [1.165, 1.54) is 24.8 Å². The minimum atomic E-state index is -0.432. The number of carbonyl (C=O) groups is 1. The molecule has 25 heavy (non-hydrogen) atoms. The molecule has 140 valence electrons. The van der Waals surface area contributed by atoms with Crippen LogP contribution < -0.4 is 5.73 Å². The standard InChI is InChI=1S/C20H32N2O3/c1-24-18(25-2)15-22(14-13-16-9-5-3-6-10-16)20(23)19(21)17-11-7-4-8-12-17/h3,5-6,9-10,17-19H,4,7-8,11-15,21H2,1-2H3/t19-/m1/s1. The molecule has 1 aliphatic carbocycles. The van der Waals surface area contributed by atoms with E-state index in [4.69, 9.17) is 15.2 Å². The van der Waals surface area contributed by atoms with E-state index < -0.39 is 12.3 Å². The van der Waals surface area contributed by atoms with Crippen molar-refractivity contribution in [2.75, 3.05) is 27.3 Å². The number of carbonyl (C=O) groups excluding carboxylic acids is 1. The highest BCUT2D eigenvalue weighted by atomic mass is 16.7. The summed E-state index contributed by atoms with van der Waals surface area (Å²) in [6.45, 7) is 1.02. The number of rotatable bonds is 9. The van der Waals surface area contributed by atoms with Crippen LogP contribution in [0.15, 0.2) is 30.3 Å². The fraction of sp³-hybridized carbons (Fsp3) is 0.650. The smallest absolute Gasteiger partial charge is 0.239 e. The van der Waals surface area contributed by atoms with Crippen LogP contribution in [0.25, 0.3) is 0 Å². The maximum absolute atomic E-state index is 13.0. The van der Waals surface area contributed by atoms with Crippen LogP contribution in [0.4, 0.5) is 0 Å². The SMILES string of the molecule is COC(CN(CCc1ccccc1)C(=O)[C@H](N)C1CCCCC1)OC. The highest BCUT2D eigenvalue weighted by molar-refractivity contribution is 5.82. The third-order valence-electron chi connectivity index (χ3n) is 5.16. The van der Waals surface area contributed by atoms with Crippen molar-refractivity contribution in [1.82, 2.24) is 4.90 Å². The van der Waals surface area contributed by atoms with E-state index in [-0.39, 0.29) is 5.91 Å². The maximum Gasteiger partial charge on any atom is 0.239 e. The lowest BCUT2D eigenvalue weighted by Crippen LogP contribution is -2.51. The van der Waals surface area contributed by atoms with Gasteiger partial charge in [0.05, 0.1) is 12.6 Å². The molecule has 0 aromatic heterocycles. The molecule has 0 unspecified atom stereocenters. The third kappa shape index (κ3) is 6.10. The van der Waals surface area contributed by atoms with Gasteiger partial charge >= 0.3 is 0 Å². The topological polar surface area (TPSA) is 64.8 Å². The number of nitrogens with two attached hydrogens (primary N) is 1. The summed E-state index contributed by atoms with van der Waals surface area (Å²) in [5.41, 5.74) is 7.55. The second-order valence-corrected chi connectivity index (χ2v) is 6.84. The summed E-state index contributed by atoms with van der Waals surface area (Å²) in [7, 11) is 3.18. The lowest BCUT2D eigenvalue weighted by molar-refractivity contribution is -0.147. The molecule has 0 heterocycles. The molecular weight excluding hydrogens is 316 g/mol. The van der Waals surface area contributed by atoms with Gasteiger partial charge in [-0.05, 0) is 30.7 Å². The van der Waals surface area contributed by atoms with Gasteiger partial charge in [-0.25, -0.2) is 0 Å². The van der Waals surface area contributed by atoms with E-state index in [0.717, 1.165) is 19.3 Å². The summed E-state index contributed by atoms with van der Waals surface area (Å²) in [5.74, 6) is 0.311. The molecule has 0 bridgehead atoms. The number of amides is 1. The maximum atomic E-state index is 13.0. The molecule has 0 saturated heterocycles. The molecule has 1 saturated carbocycles. The van der Waals surface area contributed by atoms with Crippen molar-refractivity contribution in [3.63, 3.8) is 0 Å². The van der Waals surface area contributed by atoms with Crippen molar-refractivity contribution in [2.45, 2.75) is 50.9 Å². The molecule has 1 atom stereocenters. The van der Waals surface area contributed by atoms with Gasteiger partial charge in [-0.3, -0.25) is 4.79 Å². The first-order valence-electron chi connectivity index (χ1n) is 9.29. The van der Waals surface area contributed by atoms with Gasteiger partial charge in [-0.1, -0.05) is 49.6 Å². The summed E-state index contributed by atoms with van der Waals surface area (Å²) in [6, 6.07) is 9.76. The largest absolute Gasteiger partial charge is 0.354 e. The van der Waals surface area contributed by atoms with E-state index in [0.29, 0.717) is 19.0 Å². The molecule has 0 aliphatic heterocycles. The summed E-state index contributed by atoms with van der Waals surface area (Å²) < 4.78 is 10.6. The van der Waals surface area contributed by atoms with Crippen LogP contribution in [0.1, 0.15) is 37.7 Å². The number of hydrogen-bond acceptors (Lipinski definition) is 4. The van der Waals surface area contributed by atoms with Gasteiger partial charge in [-0.15, -0.1) is 0 Å². The average molecular weight is 348 g/mol. The van der Waals surface area contributed by atoms with Crippen LogP contribution in [0, 0.1) is 5.92 Å². The molecular formula is C20H32N2O3. The Balaban J connectivity index is 2.02. The average Bonchev–Trinajstić information content (AvgIpc) is 2.68. The fourth-order valence-corrected chi connectivity index (χ4v) is 3.53. The molecule has 2 N–H and O–H groups in total. The zero-order chi connectivity index (χ0) is 18.1. The van der Waals surface area contributed by atoms with Crippen LogP contribution in [-0.2, 0) is 20.7 Å². The van der Waals surface area contributed by atoms with Gasteiger partial charge in [0.15, 0.2) is 6.29 Å². The van der Waals surface area contributed by atoms with Crippen LogP contribution in [0.5, 0.6) is 0 Å². The summed E-state index contributed by atoms with van der Waals surface area (Å²) >= 11 is 0. The Hall–Kier alpha value is -1.43. The Bertz CT molecular complexity index is 499. The van der Waals surface area contributed by atoms with Gasteiger partial charge in [0, 0.05) is 20.8 Å². The molecule has 1 aromatic carbocycles. The van der Waals surface area contributed by atoms with E-state index in [9.17, 15) is 4.79 Å². The van der Waals surface area contributed by atoms with Crippen molar-refractivity contribution in [1.29, 1.82) is 0 Å². The van der Waals surface area contributed by atoms with Crippen LogP contribution in [0.2, 0.25) is 0 Å². The molecule has 2 rings (SSSR count). The highest BCUT2D eigenvalue weighted by Crippen LogP contribution is 2.26. The van der Waals surface area contributed by atoms with Crippen LogP contribution in [-0.4, -0.2) is 50.4 Å². The van der Waals surface area contributed by atoms with Crippen molar-refractivity contribution in [3.05, 3.63) is 35.9 Å². The van der Waals surface area contributed by atoms with Crippen molar-refractivity contribution in [3.8, 4) is 0 Å². The fourth-order valence-electron chi connectivity index (χ4n) is 3.53. The van der Waals surface area contributed by atoms with E-state index >= 15 is 0 Å². The molecule has 1 amide bonds.